The largest absolute Gasteiger partial charge is 0.480 e. The van der Waals surface area contributed by atoms with Gasteiger partial charge in [-0.25, -0.2) is 10.4 Å². The molecule has 2 aromatic heterocycles. The summed E-state index contributed by atoms with van der Waals surface area (Å²) in [4.78, 5) is 12.5. The summed E-state index contributed by atoms with van der Waals surface area (Å²) in [5, 5.41) is 0. The van der Waals surface area contributed by atoms with Gasteiger partial charge >= 0.3 is 0 Å². The topological polar surface area (TPSA) is 95.2 Å². The van der Waals surface area contributed by atoms with Crippen LogP contribution in [0.1, 0.15) is 17.3 Å². The third-order valence-electron chi connectivity index (χ3n) is 2.61. The number of nitrogens with zero attached hydrogens (tertiary/aromatic N) is 3. The molecular weight excluding hydrogens is 246 g/mol. The van der Waals surface area contributed by atoms with Gasteiger partial charge in [-0.1, -0.05) is 6.07 Å². The summed E-state index contributed by atoms with van der Waals surface area (Å²) in [7, 11) is 3.03. The van der Waals surface area contributed by atoms with Crippen LogP contribution in [0.4, 0.5) is 0 Å². The average molecular weight is 261 g/mol. The summed E-state index contributed by atoms with van der Waals surface area (Å²) < 4.78 is 10.2. The van der Waals surface area contributed by atoms with Crippen molar-refractivity contribution in [1.82, 2.24) is 20.4 Å². The van der Waals surface area contributed by atoms with E-state index in [-0.39, 0.29) is 6.04 Å². The first kappa shape index (κ1) is 13.2. The molecule has 7 nitrogen and oxygen atoms in total. The van der Waals surface area contributed by atoms with Crippen LogP contribution in [-0.2, 0) is 0 Å². The molecule has 0 amide bonds. The Morgan fingerprint density at radius 1 is 1.26 bits per heavy atom. The van der Waals surface area contributed by atoms with Crippen molar-refractivity contribution < 1.29 is 9.47 Å². The number of nitrogens with two attached hydrogens (primary N) is 1. The minimum Gasteiger partial charge on any atom is -0.480 e. The zero-order valence-electron chi connectivity index (χ0n) is 10.7. The van der Waals surface area contributed by atoms with Crippen LogP contribution in [0.3, 0.4) is 0 Å². The fourth-order valence-electron chi connectivity index (χ4n) is 1.69. The molecule has 100 valence electrons. The predicted octanol–water partition coefficient (Wildman–Crippen LogP) is 0.441. The molecule has 0 aliphatic rings. The van der Waals surface area contributed by atoms with Gasteiger partial charge in [0, 0.05) is 12.4 Å². The lowest BCUT2D eigenvalue weighted by atomic mass is 10.1. The fourth-order valence-corrected chi connectivity index (χ4v) is 1.69. The van der Waals surface area contributed by atoms with Crippen molar-refractivity contribution in [2.75, 3.05) is 14.2 Å². The summed E-state index contributed by atoms with van der Waals surface area (Å²) >= 11 is 0. The number of aromatic nitrogens is 3. The maximum absolute atomic E-state index is 5.60. The Balaban J connectivity index is 2.43. The van der Waals surface area contributed by atoms with E-state index in [4.69, 9.17) is 15.3 Å². The van der Waals surface area contributed by atoms with Gasteiger partial charge in [0.25, 0.3) is 0 Å². The number of hydrogen-bond acceptors (Lipinski definition) is 7. The van der Waals surface area contributed by atoms with Crippen LogP contribution in [0, 0.1) is 0 Å². The highest BCUT2D eigenvalue weighted by Crippen LogP contribution is 2.27. The number of hydrogen-bond donors (Lipinski definition) is 2. The summed E-state index contributed by atoms with van der Waals surface area (Å²) in [5.74, 6) is 6.33. The van der Waals surface area contributed by atoms with E-state index in [1.54, 1.807) is 12.4 Å². The van der Waals surface area contributed by atoms with Crippen molar-refractivity contribution in [2.45, 2.75) is 6.04 Å². The molecule has 19 heavy (non-hydrogen) atoms. The molecule has 0 aromatic carbocycles. The van der Waals surface area contributed by atoms with Gasteiger partial charge in [0.15, 0.2) is 0 Å². The fraction of sp³-hybridized carbons (Fsp3) is 0.250. The lowest BCUT2D eigenvalue weighted by Crippen LogP contribution is -2.30. The molecule has 2 rings (SSSR count). The first-order chi connectivity index (χ1) is 9.30. The molecule has 0 bridgehead atoms. The van der Waals surface area contributed by atoms with Crippen molar-refractivity contribution in [3.05, 3.63) is 42.0 Å². The van der Waals surface area contributed by atoms with E-state index in [0.717, 1.165) is 5.56 Å². The minimum atomic E-state index is -0.359. The standard InChI is InChI=1S/C12H15N5O2/c1-18-9-7-15-11(12(16-9)19-2)10(17-13)8-4-3-5-14-6-8/h3-7,10,17H,13H2,1-2H3. The number of rotatable bonds is 5. The smallest absolute Gasteiger partial charge is 0.240 e. The Morgan fingerprint density at radius 2 is 2.11 bits per heavy atom. The van der Waals surface area contributed by atoms with Crippen molar-refractivity contribution in [1.29, 1.82) is 0 Å². The first-order valence-corrected chi connectivity index (χ1v) is 5.61. The Morgan fingerprint density at radius 3 is 2.68 bits per heavy atom. The lowest BCUT2D eigenvalue weighted by molar-refractivity contribution is 0.352. The normalized spacial score (nSPS) is 11.9. The van der Waals surface area contributed by atoms with Crippen LogP contribution in [0.25, 0.3) is 0 Å². The molecule has 0 aliphatic heterocycles. The second-order valence-electron chi connectivity index (χ2n) is 3.69. The molecule has 0 spiro atoms. The highest BCUT2D eigenvalue weighted by molar-refractivity contribution is 5.32. The van der Waals surface area contributed by atoms with Crippen LogP contribution in [0.5, 0.6) is 11.8 Å². The van der Waals surface area contributed by atoms with Crippen molar-refractivity contribution in [3.63, 3.8) is 0 Å². The maximum Gasteiger partial charge on any atom is 0.240 e. The van der Waals surface area contributed by atoms with Gasteiger partial charge in [0.1, 0.15) is 5.69 Å². The SMILES string of the molecule is COc1cnc(C(NN)c2cccnc2)c(OC)n1. The van der Waals surface area contributed by atoms with Crippen molar-refractivity contribution in [2.24, 2.45) is 5.84 Å². The molecule has 2 aromatic rings. The van der Waals surface area contributed by atoms with Gasteiger partial charge in [-0.3, -0.25) is 10.8 Å². The summed E-state index contributed by atoms with van der Waals surface area (Å²) in [6.45, 7) is 0. The Kier molecular flexibility index (Phi) is 4.22. The molecule has 2 heterocycles. The molecular formula is C12H15N5O2. The molecule has 0 radical (unpaired) electrons. The second-order valence-corrected chi connectivity index (χ2v) is 3.69. The van der Waals surface area contributed by atoms with Crippen LogP contribution in [0.2, 0.25) is 0 Å². The lowest BCUT2D eigenvalue weighted by Gasteiger charge is -2.17. The van der Waals surface area contributed by atoms with Crippen molar-refractivity contribution in [3.8, 4) is 11.8 Å². The number of nitrogens with one attached hydrogen (secondary N) is 1. The number of methoxy groups -OCH3 is 2. The van der Waals surface area contributed by atoms with E-state index in [2.05, 4.69) is 20.4 Å². The van der Waals surface area contributed by atoms with Crippen LogP contribution in [-0.4, -0.2) is 29.2 Å². The number of hydrazine groups is 1. The minimum absolute atomic E-state index is 0.353. The highest BCUT2D eigenvalue weighted by Gasteiger charge is 2.20. The molecule has 7 heteroatoms. The third-order valence-corrected chi connectivity index (χ3v) is 2.61. The zero-order chi connectivity index (χ0) is 13.7. The van der Waals surface area contributed by atoms with Crippen molar-refractivity contribution >= 4 is 0 Å². The van der Waals surface area contributed by atoms with E-state index in [0.29, 0.717) is 17.5 Å². The molecule has 1 unspecified atom stereocenters. The first-order valence-electron chi connectivity index (χ1n) is 5.61. The Bertz CT molecular complexity index is 535. The van der Waals surface area contributed by atoms with Gasteiger partial charge in [-0.15, -0.1) is 0 Å². The van der Waals surface area contributed by atoms with E-state index >= 15 is 0 Å². The molecule has 0 aliphatic carbocycles. The molecule has 0 fully saturated rings. The van der Waals surface area contributed by atoms with E-state index < -0.39 is 0 Å². The zero-order valence-corrected chi connectivity index (χ0v) is 10.7. The molecule has 1 atom stereocenters. The van der Waals surface area contributed by atoms with Crippen LogP contribution < -0.4 is 20.7 Å². The third kappa shape index (κ3) is 2.78. The molecule has 0 saturated carbocycles. The van der Waals surface area contributed by atoms with Crippen LogP contribution >= 0.6 is 0 Å². The molecule has 0 saturated heterocycles. The van der Waals surface area contributed by atoms with Gasteiger partial charge in [0.2, 0.25) is 11.8 Å². The second kappa shape index (κ2) is 6.07. The number of pyridine rings is 1. The summed E-state index contributed by atoms with van der Waals surface area (Å²) in [5.41, 5.74) is 4.12. The monoisotopic (exact) mass is 261 g/mol. The van der Waals surface area contributed by atoms with E-state index in [1.807, 2.05) is 12.1 Å². The Labute approximate surface area is 110 Å². The van der Waals surface area contributed by atoms with Gasteiger partial charge in [-0.05, 0) is 11.6 Å². The van der Waals surface area contributed by atoms with E-state index in [1.165, 1.54) is 20.4 Å². The number of ether oxygens (including phenoxy) is 2. The summed E-state index contributed by atoms with van der Waals surface area (Å²) in [6.07, 6.45) is 4.91. The van der Waals surface area contributed by atoms with Gasteiger partial charge < -0.3 is 9.47 Å². The van der Waals surface area contributed by atoms with Crippen LogP contribution in [0.15, 0.2) is 30.7 Å². The van der Waals surface area contributed by atoms with Gasteiger partial charge in [-0.2, -0.15) is 4.98 Å². The average Bonchev–Trinajstić information content (AvgIpc) is 2.49. The highest BCUT2D eigenvalue weighted by atomic mass is 16.5. The van der Waals surface area contributed by atoms with Gasteiger partial charge in [0.05, 0.1) is 26.5 Å². The quantitative estimate of drug-likeness (QED) is 0.595. The molecule has 3 N–H and O–H groups in total. The predicted molar refractivity (Wildman–Crippen MR) is 68.5 cm³/mol. The summed E-state index contributed by atoms with van der Waals surface area (Å²) in [6, 6.07) is 3.36. The van der Waals surface area contributed by atoms with E-state index in [9.17, 15) is 0 Å². The maximum atomic E-state index is 5.60. The Hall–Kier alpha value is -2.25.